The van der Waals surface area contributed by atoms with Gasteiger partial charge in [-0.1, -0.05) is 0 Å². The topological polar surface area (TPSA) is 153 Å². The fourth-order valence-electron chi connectivity index (χ4n) is 2.98. The van der Waals surface area contributed by atoms with Crippen LogP contribution in [-0.2, 0) is 10.0 Å². The molecule has 34 heavy (non-hydrogen) atoms. The number of rotatable bonds is 9. The summed E-state index contributed by atoms with van der Waals surface area (Å²) >= 11 is 0. The zero-order valence-corrected chi connectivity index (χ0v) is 19.8. The predicted molar refractivity (Wildman–Crippen MR) is 125 cm³/mol. The highest BCUT2D eigenvalue weighted by Crippen LogP contribution is 2.28. The molecule has 0 fully saturated rings. The van der Waals surface area contributed by atoms with E-state index in [1.54, 1.807) is 30.3 Å². The third-order valence-corrected chi connectivity index (χ3v) is 6.59. The molecule has 0 atom stereocenters. The van der Waals surface area contributed by atoms with Crippen molar-refractivity contribution >= 4 is 33.3 Å². The van der Waals surface area contributed by atoms with Gasteiger partial charge >= 0.3 is 0 Å². The Labute approximate surface area is 196 Å². The molecule has 3 rings (SSSR count). The third kappa shape index (κ3) is 5.11. The van der Waals surface area contributed by atoms with Gasteiger partial charge in [0, 0.05) is 45.0 Å². The van der Waals surface area contributed by atoms with Gasteiger partial charge in [0.2, 0.25) is 0 Å². The summed E-state index contributed by atoms with van der Waals surface area (Å²) in [4.78, 5) is 17.8. The lowest BCUT2D eigenvalue weighted by molar-refractivity contribution is -0.385. The van der Waals surface area contributed by atoms with Gasteiger partial charge in [-0.25, -0.2) is 9.50 Å². The molecule has 0 aliphatic carbocycles. The summed E-state index contributed by atoms with van der Waals surface area (Å²) in [6.07, 6.45) is 5.41. The fourth-order valence-corrected chi connectivity index (χ4v) is 4.14. The first-order valence-corrected chi connectivity index (χ1v) is 11.4. The van der Waals surface area contributed by atoms with Crippen molar-refractivity contribution in [1.82, 2.24) is 23.9 Å². The van der Waals surface area contributed by atoms with E-state index in [4.69, 9.17) is 5.26 Å². The van der Waals surface area contributed by atoms with Gasteiger partial charge in [0.15, 0.2) is 0 Å². The molecule has 0 aliphatic rings. The van der Waals surface area contributed by atoms with Crippen molar-refractivity contribution in [1.29, 1.82) is 5.26 Å². The molecule has 0 N–H and O–H groups in total. The molecule has 0 amide bonds. The Morgan fingerprint density at radius 1 is 1.24 bits per heavy atom. The van der Waals surface area contributed by atoms with Crippen LogP contribution in [0.15, 0.2) is 46.8 Å². The van der Waals surface area contributed by atoms with Crippen LogP contribution in [0.5, 0.6) is 0 Å². The molecule has 0 aliphatic heterocycles. The largest absolute Gasteiger partial charge is 0.357 e. The van der Waals surface area contributed by atoms with Crippen molar-refractivity contribution in [3.63, 3.8) is 0 Å². The lowest BCUT2D eigenvalue weighted by Gasteiger charge is -2.23. The first-order valence-electron chi connectivity index (χ1n) is 9.95. The van der Waals surface area contributed by atoms with E-state index in [-0.39, 0.29) is 10.7 Å². The van der Waals surface area contributed by atoms with Crippen LogP contribution in [0.1, 0.15) is 11.1 Å². The minimum absolute atomic E-state index is 0.0733. The van der Waals surface area contributed by atoms with Crippen LogP contribution in [0.4, 0.5) is 11.5 Å². The number of fused-ring (bicyclic) bond motifs is 1. The van der Waals surface area contributed by atoms with Crippen molar-refractivity contribution in [3.8, 4) is 6.07 Å². The maximum absolute atomic E-state index is 13.3. The van der Waals surface area contributed by atoms with E-state index in [0.29, 0.717) is 34.1 Å². The number of hydrogen-bond donors (Lipinski definition) is 0. The Morgan fingerprint density at radius 3 is 2.62 bits per heavy atom. The molecule has 0 unspecified atom stereocenters. The highest BCUT2D eigenvalue weighted by Gasteiger charge is 2.29. The first-order chi connectivity index (χ1) is 16.0. The minimum Gasteiger partial charge on any atom is -0.357 e. The van der Waals surface area contributed by atoms with E-state index in [1.807, 2.05) is 25.1 Å². The number of pyridine rings is 2. The van der Waals surface area contributed by atoms with Gasteiger partial charge in [0.1, 0.15) is 16.9 Å². The smallest absolute Gasteiger partial charge is 0.289 e. The summed E-state index contributed by atoms with van der Waals surface area (Å²) in [6.45, 7) is 1.05. The maximum Gasteiger partial charge on any atom is 0.289 e. The zero-order valence-electron chi connectivity index (χ0n) is 19.0. The lowest BCUT2D eigenvalue weighted by atomic mass is 10.2. The summed E-state index contributed by atoms with van der Waals surface area (Å²) in [5, 5.41) is 28.6. The number of sulfonamides is 1. The molecule has 0 aromatic carbocycles. The molecule has 3 aromatic rings. The van der Waals surface area contributed by atoms with E-state index in [0.717, 1.165) is 12.3 Å². The molecule has 3 heterocycles. The molecule has 0 saturated carbocycles. The van der Waals surface area contributed by atoms with Crippen molar-refractivity contribution in [2.24, 2.45) is 5.10 Å². The molecular formula is C20H23N9O4S. The van der Waals surface area contributed by atoms with Crippen LogP contribution in [0.25, 0.3) is 5.52 Å². The van der Waals surface area contributed by atoms with E-state index >= 15 is 0 Å². The fraction of sp³-hybridized carbons (Fsp3) is 0.300. The van der Waals surface area contributed by atoms with Gasteiger partial charge in [-0.2, -0.15) is 28.3 Å². The molecule has 0 radical (unpaired) electrons. The van der Waals surface area contributed by atoms with Crippen molar-refractivity contribution < 1.29 is 13.3 Å². The second-order valence-corrected chi connectivity index (χ2v) is 9.56. The van der Waals surface area contributed by atoms with Crippen LogP contribution in [-0.4, -0.2) is 84.7 Å². The van der Waals surface area contributed by atoms with Gasteiger partial charge in [-0.15, -0.1) is 0 Å². The Kier molecular flexibility index (Phi) is 7.08. The lowest BCUT2D eigenvalue weighted by Crippen LogP contribution is -2.31. The average Bonchev–Trinajstić information content (AvgIpc) is 3.22. The molecule has 3 aromatic heterocycles. The highest BCUT2D eigenvalue weighted by molar-refractivity contribution is 7.89. The highest BCUT2D eigenvalue weighted by atomic mass is 32.2. The van der Waals surface area contributed by atoms with Crippen molar-refractivity contribution in [2.45, 2.75) is 4.90 Å². The summed E-state index contributed by atoms with van der Waals surface area (Å²) in [5.41, 5.74) is 1.01. The van der Waals surface area contributed by atoms with Crippen molar-refractivity contribution in [3.05, 3.63) is 58.0 Å². The van der Waals surface area contributed by atoms with Crippen molar-refractivity contribution in [2.75, 3.05) is 46.2 Å². The quantitative estimate of drug-likeness (QED) is 0.247. The number of nitro groups is 1. The second kappa shape index (κ2) is 9.81. The van der Waals surface area contributed by atoms with Crippen LogP contribution < -0.4 is 4.90 Å². The standard InChI is InChI=1S/C20H23N9O4S/c1-25(2)7-8-26(3)20-19(10-17(14-22-20)29(30)31)34(32,33)27(4)23-12-16-13-24-28-6-5-15(11-21)9-18(16)28/h5-6,9-10,12-14H,7-8H2,1-4H3/b23-12-. The van der Waals surface area contributed by atoms with E-state index < -0.39 is 20.6 Å². The average molecular weight is 486 g/mol. The molecule has 13 nitrogen and oxygen atoms in total. The van der Waals surface area contributed by atoms with Gasteiger partial charge in [0.05, 0.1) is 34.5 Å². The van der Waals surface area contributed by atoms with Gasteiger partial charge in [-0.05, 0) is 26.2 Å². The third-order valence-electron chi connectivity index (χ3n) is 4.94. The number of nitriles is 1. The summed E-state index contributed by atoms with van der Waals surface area (Å²) in [7, 11) is 2.33. The Hall–Kier alpha value is -4.09. The molecule has 0 saturated heterocycles. The second-order valence-electron chi connectivity index (χ2n) is 7.64. The number of anilines is 1. The van der Waals surface area contributed by atoms with E-state index in [2.05, 4.69) is 15.2 Å². The Morgan fingerprint density at radius 2 is 1.97 bits per heavy atom. The Bertz CT molecular complexity index is 1390. The maximum atomic E-state index is 13.3. The molecular weight excluding hydrogens is 462 g/mol. The molecule has 14 heteroatoms. The number of hydrazone groups is 1. The number of likely N-dealkylation sites (N-methyl/N-ethyl adjacent to an activating group) is 2. The Balaban J connectivity index is 1.99. The van der Waals surface area contributed by atoms with Gasteiger partial charge in [0.25, 0.3) is 15.7 Å². The van der Waals surface area contributed by atoms with Crippen LogP contribution in [0.3, 0.4) is 0 Å². The zero-order chi connectivity index (χ0) is 25.0. The monoisotopic (exact) mass is 485 g/mol. The SMILES string of the molecule is CN(C)CCN(C)c1ncc([N+](=O)[O-])cc1S(=O)(=O)N(C)/N=C\c1cnn2ccc(C#N)cc12. The van der Waals surface area contributed by atoms with Gasteiger partial charge in [-0.3, -0.25) is 10.1 Å². The summed E-state index contributed by atoms with van der Waals surface area (Å²) in [6, 6.07) is 6.21. The minimum atomic E-state index is -4.29. The van der Waals surface area contributed by atoms with Crippen LogP contribution >= 0.6 is 0 Å². The molecule has 178 valence electrons. The number of nitrogens with zero attached hydrogens (tertiary/aromatic N) is 9. The first kappa shape index (κ1) is 24.6. The number of hydrogen-bond acceptors (Lipinski definition) is 10. The number of aromatic nitrogens is 3. The predicted octanol–water partition coefficient (Wildman–Crippen LogP) is 1.16. The van der Waals surface area contributed by atoms with E-state index in [9.17, 15) is 18.5 Å². The van der Waals surface area contributed by atoms with Gasteiger partial charge < -0.3 is 9.80 Å². The normalized spacial score (nSPS) is 11.8. The summed E-state index contributed by atoms with van der Waals surface area (Å²) < 4.78 is 28.9. The van der Waals surface area contributed by atoms with Crippen LogP contribution in [0.2, 0.25) is 0 Å². The van der Waals surface area contributed by atoms with E-state index in [1.165, 1.54) is 24.0 Å². The van der Waals surface area contributed by atoms with Crippen LogP contribution in [0, 0.1) is 21.4 Å². The molecule has 0 spiro atoms. The summed E-state index contributed by atoms with van der Waals surface area (Å²) in [5.74, 6) is 0.0733. The molecule has 0 bridgehead atoms.